The third-order valence-electron chi connectivity index (χ3n) is 3.30. The smallest absolute Gasteiger partial charge is 0.247 e. The summed E-state index contributed by atoms with van der Waals surface area (Å²) in [7, 11) is -3.42. The number of amides is 2. The maximum absolute atomic E-state index is 13.6. The van der Waals surface area contributed by atoms with Gasteiger partial charge in [0.2, 0.25) is 11.8 Å². The first kappa shape index (κ1) is 16.2. The SMILES string of the molecule is C=CC(=O)Nc1cc(NC(=O)C2CCCS2(=O)=O)ccc1F. The van der Waals surface area contributed by atoms with Crippen molar-refractivity contribution < 1.29 is 22.4 Å². The summed E-state index contributed by atoms with van der Waals surface area (Å²) in [4.78, 5) is 23.2. The summed E-state index contributed by atoms with van der Waals surface area (Å²) >= 11 is 0. The van der Waals surface area contributed by atoms with Gasteiger partial charge in [0.15, 0.2) is 9.84 Å². The van der Waals surface area contributed by atoms with Crippen LogP contribution in [0, 0.1) is 5.82 Å². The van der Waals surface area contributed by atoms with E-state index in [4.69, 9.17) is 0 Å². The summed E-state index contributed by atoms with van der Waals surface area (Å²) in [6.07, 6.45) is 1.70. The number of halogens is 1. The molecular weight excluding hydrogens is 311 g/mol. The van der Waals surface area contributed by atoms with Gasteiger partial charge in [-0.3, -0.25) is 9.59 Å². The zero-order valence-electron chi connectivity index (χ0n) is 11.6. The van der Waals surface area contributed by atoms with Crippen LogP contribution in [0.3, 0.4) is 0 Å². The van der Waals surface area contributed by atoms with Gasteiger partial charge in [-0.25, -0.2) is 12.8 Å². The molecule has 0 aliphatic carbocycles. The minimum absolute atomic E-state index is 0.00481. The lowest BCUT2D eigenvalue weighted by Crippen LogP contribution is -2.31. The standard InChI is InChI=1S/C14H15FN2O4S/c1-2-13(18)17-11-8-9(5-6-10(11)15)16-14(19)12-4-3-7-22(12,20)21/h2,5-6,8,12H,1,3-4,7H2,(H,16,19)(H,17,18). The van der Waals surface area contributed by atoms with Gasteiger partial charge < -0.3 is 10.6 Å². The van der Waals surface area contributed by atoms with Crippen LogP contribution in [-0.4, -0.2) is 31.2 Å². The van der Waals surface area contributed by atoms with Crippen molar-refractivity contribution in [3.63, 3.8) is 0 Å². The van der Waals surface area contributed by atoms with Crippen molar-refractivity contribution in [2.24, 2.45) is 0 Å². The minimum atomic E-state index is -3.42. The molecule has 2 N–H and O–H groups in total. The first-order valence-electron chi connectivity index (χ1n) is 6.59. The van der Waals surface area contributed by atoms with Gasteiger partial charge in [-0.05, 0) is 37.1 Å². The number of rotatable bonds is 4. The maximum Gasteiger partial charge on any atom is 0.247 e. The van der Waals surface area contributed by atoms with Crippen molar-refractivity contribution in [1.29, 1.82) is 0 Å². The monoisotopic (exact) mass is 326 g/mol. The Bertz CT molecular complexity index is 730. The highest BCUT2D eigenvalue weighted by Gasteiger charge is 2.37. The molecule has 2 amide bonds. The molecule has 0 radical (unpaired) electrons. The summed E-state index contributed by atoms with van der Waals surface area (Å²) in [6.45, 7) is 3.25. The van der Waals surface area contributed by atoms with Gasteiger partial charge in [0, 0.05) is 5.69 Å². The van der Waals surface area contributed by atoms with Crippen LogP contribution in [0.25, 0.3) is 0 Å². The molecule has 0 saturated carbocycles. The van der Waals surface area contributed by atoms with E-state index in [9.17, 15) is 22.4 Å². The number of benzene rings is 1. The summed E-state index contributed by atoms with van der Waals surface area (Å²) in [5, 5.41) is 3.61. The molecule has 1 aromatic rings. The average Bonchev–Trinajstić information content (AvgIpc) is 2.82. The summed E-state index contributed by atoms with van der Waals surface area (Å²) in [6, 6.07) is 3.58. The van der Waals surface area contributed by atoms with E-state index in [-0.39, 0.29) is 23.5 Å². The summed E-state index contributed by atoms with van der Waals surface area (Å²) in [5.74, 6) is -1.93. The molecule has 6 nitrogen and oxygen atoms in total. The molecule has 1 atom stereocenters. The molecule has 1 aromatic carbocycles. The van der Waals surface area contributed by atoms with Crippen molar-refractivity contribution in [1.82, 2.24) is 0 Å². The van der Waals surface area contributed by atoms with Gasteiger partial charge in [0.05, 0.1) is 11.4 Å². The maximum atomic E-state index is 13.6. The van der Waals surface area contributed by atoms with Crippen molar-refractivity contribution >= 4 is 33.0 Å². The zero-order chi connectivity index (χ0) is 16.3. The molecule has 1 unspecified atom stereocenters. The van der Waals surface area contributed by atoms with Gasteiger partial charge in [-0.2, -0.15) is 0 Å². The predicted molar refractivity (Wildman–Crippen MR) is 80.7 cm³/mol. The Morgan fingerprint density at radius 1 is 1.32 bits per heavy atom. The highest BCUT2D eigenvalue weighted by molar-refractivity contribution is 7.93. The molecule has 0 spiro atoms. The van der Waals surface area contributed by atoms with Crippen LogP contribution in [0.5, 0.6) is 0 Å². The van der Waals surface area contributed by atoms with Gasteiger partial charge in [0.1, 0.15) is 11.1 Å². The lowest BCUT2D eigenvalue weighted by molar-refractivity contribution is -0.116. The molecule has 1 heterocycles. The lowest BCUT2D eigenvalue weighted by atomic mass is 10.2. The molecule has 1 fully saturated rings. The molecule has 0 bridgehead atoms. The van der Waals surface area contributed by atoms with Crippen LogP contribution in [0.2, 0.25) is 0 Å². The molecular formula is C14H15FN2O4S. The number of carbonyl (C=O) groups is 2. The van der Waals surface area contributed by atoms with Gasteiger partial charge >= 0.3 is 0 Å². The Morgan fingerprint density at radius 3 is 2.64 bits per heavy atom. The third kappa shape index (κ3) is 3.51. The third-order valence-corrected chi connectivity index (χ3v) is 5.47. The quantitative estimate of drug-likeness (QED) is 0.820. The highest BCUT2D eigenvalue weighted by Crippen LogP contribution is 2.24. The Balaban J connectivity index is 2.16. The van der Waals surface area contributed by atoms with E-state index in [2.05, 4.69) is 17.2 Å². The Labute approximate surface area is 127 Å². The van der Waals surface area contributed by atoms with E-state index >= 15 is 0 Å². The van der Waals surface area contributed by atoms with Crippen LogP contribution in [0.15, 0.2) is 30.9 Å². The second-order valence-corrected chi connectivity index (χ2v) is 7.18. The zero-order valence-corrected chi connectivity index (χ0v) is 12.5. The molecule has 1 aliphatic rings. The van der Waals surface area contributed by atoms with E-state index < -0.39 is 32.7 Å². The summed E-state index contributed by atoms with van der Waals surface area (Å²) in [5.41, 5.74) is 0.0739. The number of sulfone groups is 1. The fraction of sp³-hybridized carbons (Fsp3) is 0.286. The van der Waals surface area contributed by atoms with Gasteiger partial charge in [-0.1, -0.05) is 6.58 Å². The van der Waals surface area contributed by atoms with E-state index in [0.29, 0.717) is 6.42 Å². The molecule has 118 valence electrons. The fourth-order valence-corrected chi connectivity index (χ4v) is 3.96. The van der Waals surface area contributed by atoms with E-state index in [1.807, 2.05) is 0 Å². The van der Waals surface area contributed by atoms with Crippen LogP contribution < -0.4 is 10.6 Å². The van der Waals surface area contributed by atoms with Gasteiger partial charge in [0.25, 0.3) is 0 Å². The number of anilines is 2. The lowest BCUT2D eigenvalue weighted by Gasteiger charge is -2.12. The number of nitrogens with one attached hydrogen (secondary N) is 2. The predicted octanol–water partition coefficient (Wildman–Crippen LogP) is 1.47. The van der Waals surface area contributed by atoms with Crippen LogP contribution in [-0.2, 0) is 19.4 Å². The molecule has 2 rings (SSSR count). The van der Waals surface area contributed by atoms with Crippen molar-refractivity contribution in [3.8, 4) is 0 Å². The Kier molecular flexibility index (Phi) is 4.60. The number of carbonyl (C=O) groups excluding carboxylic acids is 2. The van der Waals surface area contributed by atoms with Crippen LogP contribution in [0.1, 0.15) is 12.8 Å². The topological polar surface area (TPSA) is 92.3 Å². The molecule has 1 aliphatic heterocycles. The Hall–Kier alpha value is -2.22. The van der Waals surface area contributed by atoms with E-state index in [1.54, 1.807) is 0 Å². The second-order valence-electron chi connectivity index (χ2n) is 4.88. The summed E-state index contributed by atoms with van der Waals surface area (Å²) < 4.78 is 37.0. The minimum Gasteiger partial charge on any atom is -0.325 e. The normalized spacial score (nSPS) is 19.4. The number of hydrogen-bond donors (Lipinski definition) is 2. The van der Waals surface area contributed by atoms with Crippen molar-refractivity contribution in [3.05, 3.63) is 36.7 Å². The largest absolute Gasteiger partial charge is 0.325 e. The second kappa shape index (κ2) is 6.27. The fourth-order valence-electron chi connectivity index (χ4n) is 2.19. The Morgan fingerprint density at radius 2 is 2.05 bits per heavy atom. The van der Waals surface area contributed by atoms with Gasteiger partial charge in [-0.15, -0.1) is 0 Å². The molecule has 8 heteroatoms. The van der Waals surface area contributed by atoms with Crippen LogP contribution in [0.4, 0.5) is 15.8 Å². The van der Waals surface area contributed by atoms with E-state index in [0.717, 1.165) is 12.1 Å². The van der Waals surface area contributed by atoms with Crippen molar-refractivity contribution in [2.75, 3.05) is 16.4 Å². The highest BCUT2D eigenvalue weighted by atomic mass is 32.2. The first-order chi connectivity index (χ1) is 10.3. The van der Waals surface area contributed by atoms with Crippen LogP contribution >= 0.6 is 0 Å². The van der Waals surface area contributed by atoms with E-state index in [1.165, 1.54) is 12.1 Å². The van der Waals surface area contributed by atoms with Crippen molar-refractivity contribution in [2.45, 2.75) is 18.1 Å². The number of hydrogen-bond acceptors (Lipinski definition) is 4. The first-order valence-corrected chi connectivity index (χ1v) is 8.30. The molecule has 22 heavy (non-hydrogen) atoms. The molecule has 0 aromatic heterocycles. The average molecular weight is 326 g/mol. The molecule has 1 saturated heterocycles.